The number of ether oxygens (including phenoxy) is 2. The second-order valence-electron chi connectivity index (χ2n) is 13.9. The van der Waals surface area contributed by atoms with Crippen LogP contribution >= 0.6 is 0 Å². The summed E-state index contributed by atoms with van der Waals surface area (Å²) >= 11 is 0. The van der Waals surface area contributed by atoms with Crippen molar-refractivity contribution in [3.05, 3.63) is 89.5 Å². The van der Waals surface area contributed by atoms with Crippen molar-refractivity contribution in [3.63, 3.8) is 0 Å². The standard InChI is InChI=1S/C39H40N8O5/c1-5-52-31-19-24(18-27-33(31)38(50)46(22-39(27)14-15-39)21-25-8-6-11-29(41-25)37(49)45(2)3)26-9-7-10-28(34(26)51-4)42-30-20-32(43-36(48)23-12-13-23)44-47-17-16-40-35(30)47/h6-11,16-20,23,42H,5,12-15,21-22H2,1-4H3,(H,43,44,48). The number of para-hydroxylation sites is 1. The summed E-state index contributed by atoms with van der Waals surface area (Å²) in [6.45, 7) is 3.12. The van der Waals surface area contributed by atoms with E-state index in [2.05, 4.69) is 31.8 Å². The number of hydrogen-bond donors (Lipinski definition) is 2. The Labute approximate surface area is 301 Å². The zero-order chi connectivity index (χ0) is 36.1. The van der Waals surface area contributed by atoms with Crippen LogP contribution < -0.4 is 20.1 Å². The number of benzene rings is 2. The summed E-state index contributed by atoms with van der Waals surface area (Å²) in [7, 11) is 5.01. The summed E-state index contributed by atoms with van der Waals surface area (Å²) in [5.41, 5.74) is 5.96. The average Bonchev–Trinajstić information content (AvgIpc) is 4.08. The molecule has 13 heteroatoms. The number of methoxy groups -OCH3 is 1. The van der Waals surface area contributed by atoms with E-state index in [9.17, 15) is 14.4 Å². The molecule has 1 aliphatic heterocycles. The zero-order valence-corrected chi connectivity index (χ0v) is 29.6. The lowest BCUT2D eigenvalue weighted by atomic mass is 9.83. The van der Waals surface area contributed by atoms with E-state index in [-0.39, 0.29) is 35.6 Å². The first kappa shape index (κ1) is 33.2. The van der Waals surface area contributed by atoms with Gasteiger partial charge < -0.3 is 29.9 Å². The number of amides is 3. The molecule has 52 heavy (non-hydrogen) atoms. The molecular formula is C39H40N8O5. The molecule has 3 aromatic heterocycles. The molecule has 2 saturated carbocycles. The van der Waals surface area contributed by atoms with E-state index < -0.39 is 0 Å². The third-order valence-corrected chi connectivity index (χ3v) is 9.96. The quantitative estimate of drug-likeness (QED) is 0.178. The predicted molar refractivity (Wildman–Crippen MR) is 195 cm³/mol. The molecule has 2 N–H and O–H groups in total. The first-order valence-corrected chi connectivity index (χ1v) is 17.6. The van der Waals surface area contributed by atoms with Gasteiger partial charge in [0.1, 0.15) is 17.2 Å². The lowest BCUT2D eigenvalue weighted by Gasteiger charge is -2.36. The lowest BCUT2D eigenvalue weighted by molar-refractivity contribution is -0.117. The Morgan fingerprint density at radius 3 is 2.60 bits per heavy atom. The van der Waals surface area contributed by atoms with Crippen LogP contribution in [0.15, 0.2) is 67.0 Å². The van der Waals surface area contributed by atoms with E-state index in [4.69, 9.17) is 9.47 Å². The fourth-order valence-electron chi connectivity index (χ4n) is 7.05. The Bertz CT molecular complexity index is 2240. The molecular weight excluding hydrogens is 660 g/mol. The summed E-state index contributed by atoms with van der Waals surface area (Å²) in [6.07, 6.45) is 7.05. The van der Waals surface area contributed by atoms with E-state index in [1.54, 1.807) is 56.3 Å². The summed E-state index contributed by atoms with van der Waals surface area (Å²) in [4.78, 5) is 51.8. The molecule has 1 spiro atoms. The van der Waals surface area contributed by atoms with Crippen LogP contribution in [0.4, 0.5) is 17.2 Å². The van der Waals surface area contributed by atoms with Crippen molar-refractivity contribution in [2.75, 3.05) is 45.0 Å². The van der Waals surface area contributed by atoms with Gasteiger partial charge in [0.15, 0.2) is 11.5 Å². The number of rotatable bonds is 11. The third kappa shape index (κ3) is 6.05. The van der Waals surface area contributed by atoms with Gasteiger partial charge in [0, 0.05) is 56.0 Å². The number of hydrogen-bond acceptors (Lipinski definition) is 9. The first-order chi connectivity index (χ1) is 25.2. The predicted octanol–water partition coefficient (Wildman–Crippen LogP) is 5.68. The Kier molecular flexibility index (Phi) is 8.27. The molecule has 3 amide bonds. The SMILES string of the molecule is CCOc1cc(-c2cccc(Nc3cc(NC(=O)C4CC4)nn4ccnc34)c2OC)cc2c1C(=O)N(Cc1cccc(C(=O)N(C)C)n1)CC21CC1. The molecule has 0 radical (unpaired) electrons. The molecule has 2 aromatic carbocycles. The van der Waals surface area contributed by atoms with Crippen molar-refractivity contribution >= 4 is 40.6 Å². The van der Waals surface area contributed by atoms with Crippen LogP contribution in [0.2, 0.25) is 0 Å². The number of pyridine rings is 1. The number of anilines is 3. The molecule has 8 rings (SSSR count). The Morgan fingerprint density at radius 1 is 1.06 bits per heavy atom. The molecule has 2 aliphatic carbocycles. The Hall–Kier alpha value is -5.98. The number of fused-ring (bicyclic) bond motifs is 3. The van der Waals surface area contributed by atoms with Crippen LogP contribution in [0.5, 0.6) is 11.5 Å². The highest BCUT2D eigenvalue weighted by molar-refractivity contribution is 6.02. The van der Waals surface area contributed by atoms with Gasteiger partial charge in [-0.05, 0) is 74.1 Å². The average molecular weight is 701 g/mol. The van der Waals surface area contributed by atoms with Gasteiger partial charge in [-0.2, -0.15) is 0 Å². The van der Waals surface area contributed by atoms with Crippen molar-refractivity contribution in [3.8, 4) is 22.6 Å². The number of aromatic nitrogens is 4. The molecule has 5 aromatic rings. The van der Waals surface area contributed by atoms with Crippen molar-refractivity contribution in [1.29, 1.82) is 0 Å². The maximum Gasteiger partial charge on any atom is 0.271 e. The fraction of sp³-hybridized carbons (Fsp3) is 0.333. The highest BCUT2D eigenvalue weighted by Crippen LogP contribution is 2.55. The van der Waals surface area contributed by atoms with Crippen LogP contribution in [-0.2, 0) is 16.8 Å². The molecule has 4 heterocycles. The summed E-state index contributed by atoms with van der Waals surface area (Å²) < 4.78 is 13.9. The lowest BCUT2D eigenvalue weighted by Crippen LogP contribution is -2.43. The van der Waals surface area contributed by atoms with Gasteiger partial charge in [0.2, 0.25) is 5.91 Å². The van der Waals surface area contributed by atoms with Gasteiger partial charge in [-0.25, -0.2) is 14.5 Å². The fourth-order valence-corrected chi connectivity index (χ4v) is 7.05. The van der Waals surface area contributed by atoms with Crippen molar-refractivity contribution in [2.45, 2.75) is 44.6 Å². The van der Waals surface area contributed by atoms with Crippen molar-refractivity contribution in [1.82, 2.24) is 29.4 Å². The van der Waals surface area contributed by atoms with Crippen molar-refractivity contribution in [2.24, 2.45) is 5.92 Å². The number of nitrogens with zero attached hydrogens (tertiary/aromatic N) is 6. The van der Waals surface area contributed by atoms with Gasteiger partial charge in [-0.3, -0.25) is 14.4 Å². The van der Waals surface area contributed by atoms with E-state index in [1.165, 1.54) is 4.90 Å². The van der Waals surface area contributed by atoms with Crippen LogP contribution in [0.3, 0.4) is 0 Å². The van der Waals surface area contributed by atoms with E-state index in [0.717, 1.165) is 42.4 Å². The molecule has 0 unspecified atom stereocenters. The highest BCUT2D eigenvalue weighted by atomic mass is 16.5. The maximum atomic E-state index is 14.3. The van der Waals surface area contributed by atoms with Gasteiger partial charge in [-0.15, -0.1) is 5.10 Å². The number of nitrogens with one attached hydrogen (secondary N) is 2. The molecule has 0 bridgehead atoms. The summed E-state index contributed by atoms with van der Waals surface area (Å²) in [5, 5.41) is 10.9. The van der Waals surface area contributed by atoms with E-state index >= 15 is 0 Å². The van der Waals surface area contributed by atoms with Gasteiger partial charge in [0.05, 0.1) is 42.9 Å². The van der Waals surface area contributed by atoms with Crippen molar-refractivity contribution < 1.29 is 23.9 Å². The smallest absolute Gasteiger partial charge is 0.271 e. The monoisotopic (exact) mass is 700 g/mol. The minimum absolute atomic E-state index is 0.0348. The zero-order valence-electron chi connectivity index (χ0n) is 29.6. The van der Waals surface area contributed by atoms with Crippen LogP contribution in [0, 0.1) is 5.92 Å². The van der Waals surface area contributed by atoms with Gasteiger partial charge >= 0.3 is 0 Å². The van der Waals surface area contributed by atoms with E-state index in [0.29, 0.717) is 64.4 Å². The normalized spacial score (nSPS) is 15.7. The molecule has 0 saturated heterocycles. The van der Waals surface area contributed by atoms with Gasteiger partial charge in [0.25, 0.3) is 11.8 Å². The molecule has 0 atom stereocenters. The first-order valence-electron chi connectivity index (χ1n) is 17.6. The minimum atomic E-state index is -0.212. The summed E-state index contributed by atoms with van der Waals surface area (Å²) in [5.74, 6) is 1.24. The molecule has 3 aliphatic rings. The maximum absolute atomic E-state index is 14.3. The Morgan fingerprint density at radius 2 is 1.87 bits per heavy atom. The molecule has 266 valence electrons. The summed E-state index contributed by atoms with van der Waals surface area (Å²) in [6, 6.07) is 17.0. The molecule has 2 fully saturated rings. The number of carbonyl (C=O) groups is 3. The van der Waals surface area contributed by atoms with Crippen LogP contribution in [-0.4, -0.2) is 81.5 Å². The largest absolute Gasteiger partial charge is 0.494 e. The highest BCUT2D eigenvalue weighted by Gasteiger charge is 2.52. The topological polar surface area (TPSA) is 143 Å². The van der Waals surface area contributed by atoms with E-state index in [1.807, 2.05) is 42.2 Å². The number of imidazole rings is 1. The van der Waals surface area contributed by atoms with Gasteiger partial charge in [-0.1, -0.05) is 18.2 Å². The molecule has 13 nitrogen and oxygen atoms in total. The minimum Gasteiger partial charge on any atom is -0.494 e. The number of carbonyl (C=O) groups excluding carboxylic acids is 3. The Balaban J connectivity index is 1.14. The van der Waals surface area contributed by atoms with Crippen LogP contribution in [0.1, 0.15) is 64.7 Å². The van der Waals surface area contributed by atoms with Crippen LogP contribution in [0.25, 0.3) is 16.8 Å². The third-order valence-electron chi connectivity index (χ3n) is 9.96. The second kappa shape index (κ2) is 13.0. The second-order valence-corrected chi connectivity index (χ2v) is 13.9.